The number of aliphatic carboxylic acids is 1. The van der Waals surface area contributed by atoms with Gasteiger partial charge in [0.25, 0.3) is 5.91 Å². The number of carboxylic acid groups (broad SMARTS) is 1. The minimum Gasteiger partial charge on any atom is -0.475 e. The lowest BCUT2D eigenvalue weighted by Crippen LogP contribution is -2.35. The van der Waals surface area contributed by atoms with Gasteiger partial charge in [-0.2, -0.15) is 13.2 Å². The smallest absolute Gasteiger partial charge is 0.475 e. The first-order chi connectivity index (χ1) is 15.6. The van der Waals surface area contributed by atoms with Crippen LogP contribution in [0.2, 0.25) is 0 Å². The molecule has 0 bridgehead atoms. The number of likely N-dealkylation sites (tertiary alicyclic amines) is 1. The van der Waals surface area contributed by atoms with Crippen LogP contribution in [-0.4, -0.2) is 72.6 Å². The third-order valence-electron chi connectivity index (χ3n) is 6.79. The molecule has 1 aromatic rings. The van der Waals surface area contributed by atoms with Gasteiger partial charge in [0.05, 0.1) is 6.61 Å². The molecule has 0 unspecified atom stereocenters. The highest BCUT2D eigenvalue weighted by atomic mass is 19.4. The predicted octanol–water partition coefficient (Wildman–Crippen LogP) is 3.71. The Morgan fingerprint density at radius 1 is 1.30 bits per heavy atom. The van der Waals surface area contributed by atoms with Crippen LogP contribution in [0.4, 0.5) is 13.2 Å². The summed E-state index contributed by atoms with van der Waals surface area (Å²) in [5, 5.41) is 7.12. The van der Waals surface area contributed by atoms with Crippen molar-refractivity contribution < 1.29 is 37.3 Å². The van der Waals surface area contributed by atoms with E-state index >= 15 is 0 Å². The molecular formula is C23H31F3N2O5. The van der Waals surface area contributed by atoms with Crippen LogP contribution in [0.15, 0.2) is 18.3 Å². The number of alkyl halides is 3. The van der Waals surface area contributed by atoms with E-state index < -0.39 is 12.1 Å². The van der Waals surface area contributed by atoms with Gasteiger partial charge in [0, 0.05) is 44.5 Å². The Bertz CT molecular complexity index is 829. The lowest BCUT2D eigenvalue weighted by Gasteiger charge is -2.30. The van der Waals surface area contributed by atoms with Crippen LogP contribution in [0, 0.1) is 24.2 Å². The molecule has 2 atom stereocenters. The van der Waals surface area contributed by atoms with Gasteiger partial charge in [-0.05, 0) is 62.1 Å². The number of carbonyl (C=O) groups is 2. The second-order valence-corrected chi connectivity index (χ2v) is 9.23. The standard InChI is InChI=1S/C21H30N2O3.C2HF3O2/c1-16-4-8-22-19(11-16)20(24)23-12-18-3-2-7-21(18,14-23)15-26-13-17-5-9-25-10-6-17;3-2(4,5)1(6)7/h4,8,11,17-18H,2-3,5-7,9-10,12-15H2,1H3;(H,6,7)/t18-,21+;/m1./s1. The zero-order chi connectivity index (χ0) is 24.1. The first-order valence-electron chi connectivity index (χ1n) is 11.3. The van der Waals surface area contributed by atoms with Gasteiger partial charge in [-0.1, -0.05) is 6.42 Å². The largest absolute Gasteiger partial charge is 0.490 e. The minimum atomic E-state index is -5.08. The molecule has 3 aliphatic rings. The minimum absolute atomic E-state index is 0.0758. The number of hydrogen-bond donors (Lipinski definition) is 1. The van der Waals surface area contributed by atoms with Gasteiger partial charge in [-0.3, -0.25) is 9.78 Å². The molecule has 1 amide bonds. The van der Waals surface area contributed by atoms with Gasteiger partial charge >= 0.3 is 12.1 Å². The SMILES string of the molecule is Cc1ccnc(C(=O)N2C[C@H]3CCC[C@@]3(COCC3CCOCC3)C2)c1.O=C(O)C(F)(F)F. The molecule has 0 spiro atoms. The maximum Gasteiger partial charge on any atom is 0.490 e. The van der Waals surface area contributed by atoms with Gasteiger partial charge in [0.15, 0.2) is 0 Å². The van der Waals surface area contributed by atoms with E-state index in [4.69, 9.17) is 19.4 Å². The number of rotatable bonds is 5. The van der Waals surface area contributed by atoms with Crippen molar-refractivity contribution in [2.24, 2.45) is 17.3 Å². The average Bonchev–Trinajstić information content (AvgIpc) is 3.31. The zero-order valence-corrected chi connectivity index (χ0v) is 18.8. The molecule has 3 heterocycles. The fourth-order valence-corrected chi connectivity index (χ4v) is 4.96. The van der Waals surface area contributed by atoms with Crippen molar-refractivity contribution in [3.8, 4) is 0 Å². The van der Waals surface area contributed by atoms with Gasteiger partial charge in [0.2, 0.25) is 0 Å². The number of ether oxygens (including phenoxy) is 2. The summed E-state index contributed by atoms with van der Waals surface area (Å²) in [4.78, 5) is 28.1. The lowest BCUT2D eigenvalue weighted by molar-refractivity contribution is -0.192. The number of pyridine rings is 1. The van der Waals surface area contributed by atoms with Crippen LogP contribution >= 0.6 is 0 Å². The summed E-state index contributed by atoms with van der Waals surface area (Å²) in [6, 6.07) is 3.83. The van der Waals surface area contributed by atoms with Crippen molar-refractivity contribution in [2.75, 3.05) is 39.5 Å². The van der Waals surface area contributed by atoms with Gasteiger partial charge in [-0.15, -0.1) is 0 Å². The maximum atomic E-state index is 12.9. The van der Waals surface area contributed by atoms with E-state index in [1.54, 1.807) is 6.20 Å². The highest BCUT2D eigenvalue weighted by Gasteiger charge is 2.51. The van der Waals surface area contributed by atoms with Crippen LogP contribution < -0.4 is 0 Å². The van der Waals surface area contributed by atoms with Gasteiger partial charge in [-0.25, -0.2) is 4.79 Å². The quantitative estimate of drug-likeness (QED) is 0.703. The molecule has 33 heavy (non-hydrogen) atoms. The van der Waals surface area contributed by atoms with Crippen LogP contribution in [-0.2, 0) is 14.3 Å². The molecule has 184 valence electrons. The average molecular weight is 473 g/mol. The number of nitrogens with zero attached hydrogens (tertiary/aromatic N) is 2. The molecule has 2 saturated heterocycles. The Hall–Kier alpha value is -2.20. The summed E-state index contributed by atoms with van der Waals surface area (Å²) in [6.45, 7) is 7.05. The summed E-state index contributed by atoms with van der Waals surface area (Å²) in [5.41, 5.74) is 1.81. The highest BCUT2D eigenvalue weighted by molar-refractivity contribution is 5.92. The van der Waals surface area contributed by atoms with E-state index in [0.717, 1.165) is 57.9 Å². The number of aryl methyl sites for hydroxylation is 1. The number of aromatic nitrogens is 1. The topological polar surface area (TPSA) is 89.0 Å². The molecule has 10 heteroatoms. The Labute approximate surface area is 191 Å². The number of carbonyl (C=O) groups excluding carboxylic acids is 1. The van der Waals surface area contributed by atoms with Crippen molar-refractivity contribution >= 4 is 11.9 Å². The zero-order valence-electron chi connectivity index (χ0n) is 18.8. The van der Waals surface area contributed by atoms with Crippen molar-refractivity contribution in [1.82, 2.24) is 9.88 Å². The molecular weight excluding hydrogens is 441 g/mol. The Morgan fingerprint density at radius 3 is 2.64 bits per heavy atom. The molecule has 1 saturated carbocycles. The van der Waals surface area contributed by atoms with Crippen molar-refractivity contribution in [3.05, 3.63) is 29.6 Å². The second kappa shape index (κ2) is 10.8. The summed E-state index contributed by atoms with van der Waals surface area (Å²) >= 11 is 0. The van der Waals surface area contributed by atoms with Crippen LogP contribution in [0.25, 0.3) is 0 Å². The molecule has 1 N–H and O–H groups in total. The maximum absolute atomic E-state index is 12.9. The van der Waals surface area contributed by atoms with E-state index in [2.05, 4.69) is 4.98 Å². The molecule has 1 aromatic heterocycles. The van der Waals surface area contributed by atoms with E-state index in [9.17, 15) is 18.0 Å². The first kappa shape index (κ1) is 25.4. The van der Waals surface area contributed by atoms with Gasteiger partial charge < -0.3 is 19.5 Å². The fourth-order valence-electron chi connectivity index (χ4n) is 4.96. The Kier molecular flexibility index (Phi) is 8.33. The molecule has 1 aliphatic carbocycles. The number of amides is 1. The van der Waals surface area contributed by atoms with Crippen molar-refractivity contribution in [1.29, 1.82) is 0 Å². The molecule has 3 fully saturated rings. The number of halogens is 3. The van der Waals surface area contributed by atoms with E-state index in [1.165, 1.54) is 19.3 Å². The number of carboxylic acids is 1. The number of hydrogen-bond acceptors (Lipinski definition) is 5. The lowest BCUT2D eigenvalue weighted by atomic mass is 9.81. The summed E-state index contributed by atoms with van der Waals surface area (Å²) in [5.74, 6) is -1.47. The molecule has 7 nitrogen and oxygen atoms in total. The van der Waals surface area contributed by atoms with E-state index in [-0.39, 0.29) is 11.3 Å². The monoisotopic (exact) mass is 472 g/mol. The first-order valence-corrected chi connectivity index (χ1v) is 11.3. The fraction of sp³-hybridized carbons (Fsp3) is 0.696. The van der Waals surface area contributed by atoms with Crippen molar-refractivity contribution in [2.45, 2.75) is 45.2 Å². The molecule has 2 aliphatic heterocycles. The van der Waals surface area contributed by atoms with Crippen LogP contribution in [0.1, 0.15) is 48.2 Å². The van der Waals surface area contributed by atoms with E-state index in [0.29, 0.717) is 17.5 Å². The van der Waals surface area contributed by atoms with Crippen molar-refractivity contribution in [3.63, 3.8) is 0 Å². The van der Waals surface area contributed by atoms with Gasteiger partial charge in [0.1, 0.15) is 5.69 Å². The summed E-state index contributed by atoms with van der Waals surface area (Å²) in [6.07, 6.45) is 2.52. The number of fused-ring (bicyclic) bond motifs is 1. The molecule has 0 aromatic carbocycles. The predicted molar refractivity (Wildman–Crippen MR) is 113 cm³/mol. The van der Waals surface area contributed by atoms with Crippen LogP contribution in [0.5, 0.6) is 0 Å². The third-order valence-corrected chi connectivity index (χ3v) is 6.79. The third kappa shape index (κ3) is 6.66. The van der Waals surface area contributed by atoms with E-state index in [1.807, 2.05) is 24.0 Å². The summed E-state index contributed by atoms with van der Waals surface area (Å²) in [7, 11) is 0. The molecule has 0 radical (unpaired) electrons. The highest BCUT2D eigenvalue weighted by Crippen LogP contribution is 2.49. The second-order valence-electron chi connectivity index (χ2n) is 9.23. The molecule has 4 rings (SSSR count). The normalized spacial score (nSPS) is 25.3. The Balaban J connectivity index is 0.000000383. The van der Waals surface area contributed by atoms with Crippen LogP contribution in [0.3, 0.4) is 0 Å². The Morgan fingerprint density at radius 2 is 2.00 bits per heavy atom. The summed E-state index contributed by atoms with van der Waals surface area (Å²) < 4.78 is 43.4.